The molecule has 17 heavy (non-hydrogen) atoms. The lowest BCUT2D eigenvalue weighted by Gasteiger charge is -2.34. The quantitative estimate of drug-likeness (QED) is 0.864. The normalized spacial score (nSPS) is 16.1. The highest BCUT2D eigenvalue weighted by atomic mass is 16.2. The molecule has 0 spiro atoms. The highest BCUT2D eigenvalue weighted by Gasteiger charge is 2.28. The minimum Gasteiger partial charge on any atom is -0.351 e. The summed E-state index contributed by atoms with van der Waals surface area (Å²) < 4.78 is 0. The number of carbonyl (C=O) groups excluding carboxylic acids is 2. The maximum absolute atomic E-state index is 11.8. The molecular weight excluding hydrogens is 216 g/mol. The number of anilines is 2. The molecule has 1 amide bonds. The fourth-order valence-corrected chi connectivity index (χ4v) is 2.07. The summed E-state index contributed by atoms with van der Waals surface area (Å²) in [5, 5.41) is 2.81. The van der Waals surface area contributed by atoms with Gasteiger partial charge in [-0.25, -0.2) is 0 Å². The van der Waals surface area contributed by atoms with E-state index in [9.17, 15) is 9.59 Å². The molecule has 0 saturated heterocycles. The molecule has 0 aromatic heterocycles. The van der Waals surface area contributed by atoms with E-state index in [0.717, 1.165) is 11.4 Å². The Kier molecular flexibility index (Phi) is 3.13. The van der Waals surface area contributed by atoms with E-state index in [1.54, 1.807) is 0 Å². The summed E-state index contributed by atoms with van der Waals surface area (Å²) in [4.78, 5) is 25.2. The molecule has 4 heteroatoms. The minimum absolute atomic E-state index is 0.0700. The number of hydrogen-bond acceptors (Lipinski definition) is 3. The maximum Gasteiger partial charge on any atom is 0.243 e. The smallest absolute Gasteiger partial charge is 0.243 e. The Morgan fingerprint density at radius 2 is 2.18 bits per heavy atom. The molecule has 1 aromatic rings. The number of benzene rings is 1. The van der Waals surface area contributed by atoms with Crippen LogP contribution in [0.1, 0.15) is 20.3 Å². The van der Waals surface area contributed by atoms with Crippen LogP contribution in [0.4, 0.5) is 11.4 Å². The minimum atomic E-state index is -0.257. The number of para-hydroxylation sites is 2. The molecule has 4 nitrogen and oxygen atoms in total. The van der Waals surface area contributed by atoms with E-state index in [-0.39, 0.29) is 24.3 Å². The van der Waals surface area contributed by atoms with Crippen molar-refractivity contribution in [1.82, 2.24) is 0 Å². The lowest BCUT2D eigenvalue weighted by Crippen LogP contribution is -2.46. The second kappa shape index (κ2) is 4.57. The average molecular weight is 232 g/mol. The van der Waals surface area contributed by atoms with Crippen LogP contribution in [0.25, 0.3) is 0 Å². The number of nitrogens with zero attached hydrogens (tertiary/aromatic N) is 1. The summed E-state index contributed by atoms with van der Waals surface area (Å²) >= 11 is 0. The number of hydrogen-bond donors (Lipinski definition) is 1. The molecule has 1 unspecified atom stereocenters. The van der Waals surface area contributed by atoms with Gasteiger partial charge in [0.2, 0.25) is 5.91 Å². The van der Waals surface area contributed by atoms with Crippen molar-refractivity contribution in [2.24, 2.45) is 0 Å². The van der Waals surface area contributed by atoms with Crippen molar-refractivity contribution in [3.8, 4) is 0 Å². The lowest BCUT2D eigenvalue weighted by atomic mass is 10.1. The van der Waals surface area contributed by atoms with Gasteiger partial charge in [0.15, 0.2) is 5.78 Å². The predicted octanol–water partition coefficient (Wildman–Crippen LogP) is 1.81. The average Bonchev–Trinajstić information content (AvgIpc) is 2.35. The van der Waals surface area contributed by atoms with Crippen LogP contribution in [0, 0.1) is 0 Å². The number of amides is 1. The summed E-state index contributed by atoms with van der Waals surface area (Å²) in [6, 6.07) is 7.30. The zero-order valence-corrected chi connectivity index (χ0v) is 10.1. The van der Waals surface area contributed by atoms with Crippen molar-refractivity contribution in [3.63, 3.8) is 0 Å². The third-order valence-corrected chi connectivity index (χ3v) is 3.08. The Bertz CT molecular complexity index is 456. The van der Waals surface area contributed by atoms with Crippen molar-refractivity contribution in [2.75, 3.05) is 16.8 Å². The molecule has 0 fully saturated rings. The number of nitrogens with one attached hydrogen (secondary N) is 1. The summed E-state index contributed by atoms with van der Waals surface area (Å²) in [7, 11) is 0. The molecule has 1 atom stereocenters. The first-order chi connectivity index (χ1) is 8.13. The molecular formula is C13H16N2O2. The van der Waals surface area contributed by atoms with Gasteiger partial charge >= 0.3 is 0 Å². The second-order valence-electron chi connectivity index (χ2n) is 4.19. The van der Waals surface area contributed by atoms with Gasteiger partial charge in [0.25, 0.3) is 0 Å². The molecule has 0 saturated carbocycles. The molecule has 1 aromatic carbocycles. The van der Waals surface area contributed by atoms with Crippen LogP contribution in [0.5, 0.6) is 0 Å². The van der Waals surface area contributed by atoms with E-state index in [2.05, 4.69) is 5.32 Å². The van der Waals surface area contributed by atoms with E-state index in [1.165, 1.54) is 0 Å². The van der Waals surface area contributed by atoms with Crippen molar-refractivity contribution in [2.45, 2.75) is 26.3 Å². The summed E-state index contributed by atoms with van der Waals surface area (Å²) in [5.74, 6) is 0.0777. The van der Waals surface area contributed by atoms with Gasteiger partial charge in [-0.2, -0.15) is 0 Å². The SMILES string of the molecule is CCC(=O)C(C)N1CC(=O)Nc2ccccc21. The Morgan fingerprint density at radius 1 is 1.47 bits per heavy atom. The van der Waals surface area contributed by atoms with Crippen LogP contribution < -0.4 is 10.2 Å². The first-order valence-corrected chi connectivity index (χ1v) is 5.81. The van der Waals surface area contributed by atoms with Crippen molar-refractivity contribution >= 4 is 23.1 Å². The van der Waals surface area contributed by atoms with E-state index in [4.69, 9.17) is 0 Å². The van der Waals surface area contributed by atoms with Crippen LogP contribution in [0.15, 0.2) is 24.3 Å². The van der Waals surface area contributed by atoms with Gasteiger partial charge in [-0.15, -0.1) is 0 Å². The van der Waals surface area contributed by atoms with Crippen LogP contribution in [-0.2, 0) is 9.59 Å². The topological polar surface area (TPSA) is 49.4 Å². The van der Waals surface area contributed by atoms with Crippen molar-refractivity contribution in [3.05, 3.63) is 24.3 Å². The zero-order chi connectivity index (χ0) is 12.4. The molecule has 0 aliphatic carbocycles. The van der Waals surface area contributed by atoms with E-state index >= 15 is 0 Å². The zero-order valence-electron chi connectivity index (χ0n) is 10.1. The highest BCUT2D eigenvalue weighted by molar-refractivity contribution is 6.03. The predicted molar refractivity (Wildman–Crippen MR) is 67.2 cm³/mol. The fourth-order valence-electron chi connectivity index (χ4n) is 2.07. The monoisotopic (exact) mass is 232 g/mol. The summed E-state index contributed by atoms with van der Waals surface area (Å²) in [6.45, 7) is 3.93. The molecule has 0 radical (unpaired) electrons. The standard InChI is InChI=1S/C13H16N2O2/c1-3-12(16)9(2)15-8-13(17)14-10-6-4-5-7-11(10)15/h4-7,9H,3,8H2,1-2H3,(H,14,17). The highest BCUT2D eigenvalue weighted by Crippen LogP contribution is 2.30. The number of rotatable bonds is 3. The summed E-state index contributed by atoms with van der Waals surface area (Å²) in [5.41, 5.74) is 1.70. The van der Waals surface area contributed by atoms with Crippen LogP contribution in [0.3, 0.4) is 0 Å². The molecule has 1 aliphatic heterocycles. The third-order valence-electron chi connectivity index (χ3n) is 3.08. The Labute approximate surface area is 101 Å². The Balaban J connectivity index is 2.35. The Hall–Kier alpha value is -1.84. The molecule has 2 rings (SSSR count). The lowest BCUT2D eigenvalue weighted by molar-refractivity contribution is -0.119. The van der Waals surface area contributed by atoms with Gasteiger partial charge in [-0.05, 0) is 19.1 Å². The van der Waals surface area contributed by atoms with Crippen LogP contribution >= 0.6 is 0 Å². The fraction of sp³-hybridized carbons (Fsp3) is 0.385. The van der Waals surface area contributed by atoms with Crippen LogP contribution in [-0.4, -0.2) is 24.3 Å². The van der Waals surface area contributed by atoms with Gasteiger partial charge in [0.1, 0.15) is 0 Å². The Morgan fingerprint density at radius 3 is 2.88 bits per heavy atom. The number of ketones is 1. The molecule has 1 heterocycles. The van der Waals surface area contributed by atoms with Crippen molar-refractivity contribution in [1.29, 1.82) is 0 Å². The van der Waals surface area contributed by atoms with Gasteiger partial charge < -0.3 is 10.2 Å². The molecule has 0 bridgehead atoms. The molecule has 1 aliphatic rings. The van der Waals surface area contributed by atoms with Gasteiger partial charge in [-0.1, -0.05) is 19.1 Å². The third kappa shape index (κ3) is 2.16. The first kappa shape index (κ1) is 11.6. The van der Waals surface area contributed by atoms with Crippen molar-refractivity contribution < 1.29 is 9.59 Å². The summed E-state index contributed by atoms with van der Waals surface area (Å²) in [6.07, 6.45) is 0.488. The largest absolute Gasteiger partial charge is 0.351 e. The first-order valence-electron chi connectivity index (χ1n) is 5.81. The molecule has 90 valence electrons. The van der Waals surface area contributed by atoms with E-state index < -0.39 is 0 Å². The number of carbonyl (C=O) groups is 2. The van der Waals surface area contributed by atoms with Gasteiger partial charge in [0, 0.05) is 6.42 Å². The van der Waals surface area contributed by atoms with Crippen LogP contribution in [0.2, 0.25) is 0 Å². The second-order valence-corrected chi connectivity index (χ2v) is 4.19. The maximum atomic E-state index is 11.8. The number of fused-ring (bicyclic) bond motifs is 1. The molecule has 1 N–H and O–H groups in total. The van der Waals surface area contributed by atoms with Gasteiger partial charge in [-0.3, -0.25) is 9.59 Å². The van der Waals surface area contributed by atoms with E-state index in [0.29, 0.717) is 6.42 Å². The van der Waals surface area contributed by atoms with Gasteiger partial charge in [0.05, 0.1) is 24.0 Å². The number of Topliss-reactive ketones (excluding diaryl/α,β-unsaturated/α-hetero) is 1. The van der Waals surface area contributed by atoms with E-state index in [1.807, 2.05) is 43.0 Å².